The molecule has 4 aromatic rings. The van der Waals surface area contributed by atoms with E-state index in [1.165, 1.54) is 29.2 Å². The Kier molecular flexibility index (Phi) is 10.4. The molecular weight excluding hydrogens is 560 g/mol. The van der Waals surface area contributed by atoms with Gasteiger partial charge in [0.15, 0.2) is 0 Å². The smallest absolute Gasteiger partial charge is 0.317 e. The van der Waals surface area contributed by atoms with Crippen LogP contribution in [-0.4, -0.2) is 58.1 Å². The van der Waals surface area contributed by atoms with Crippen molar-refractivity contribution in [3.8, 4) is 11.5 Å². The van der Waals surface area contributed by atoms with Gasteiger partial charge in [0, 0.05) is 39.8 Å². The van der Waals surface area contributed by atoms with Crippen LogP contribution in [0.3, 0.4) is 0 Å². The minimum Gasteiger partial charge on any atom is -0.508 e. The quantitative estimate of drug-likeness (QED) is 0.155. The number of nitrogen functional groups attached to an aromatic ring is 1. The number of urea groups is 1. The molecule has 1 heterocycles. The van der Waals surface area contributed by atoms with Crippen LogP contribution in [0.1, 0.15) is 33.7 Å². The van der Waals surface area contributed by atoms with E-state index in [4.69, 9.17) is 5.73 Å². The minimum atomic E-state index is -0.954. The molecular formula is C33H36N6O5. The molecule has 7 N–H and O–H groups in total. The topological polar surface area (TPSA) is 170 Å². The van der Waals surface area contributed by atoms with Gasteiger partial charge >= 0.3 is 6.03 Å². The number of phenols is 2. The number of aromatic nitrogens is 1. The van der Waals surface area contributed by atoms with E-state index in [0.29, 0.717) is 29.1 Å². The molecule has 0 aliphatic carbocycles. The summed E-state index contributed by atoms with van der Waals surface area (Å²) < 4.78 is 0. The van der Waals surface area contributed by atoms with Crippen LogP contribution in [-0.2, 0) is 29.1 Å². The van der Waals surface area contributed by atoms with E-state index in [-0.39, 0.29) is 30.5 Å². The monoisotopic (exact) mass is 596 g/mol. The van der Waals surface area contributed by atoms with E-state index in [2.05, 4.69) is 20.9 Å². The van der Waals surface area contributed by atoms with Crippen molar-refractivity contribution in [3.05, 3.63) is 119 Å². The van der Waals surface area contributed by atoms with Gasteiger partial charge in [-0.05, 0) is 58.1 Å². The number of nitrogens with zero attached hydrogens (tertiary/aromatic N) is 2. The van der Waals surface area contributed by atoms with E-state index in [0.717, 1.165) is 11.1 Å². The van der Waals surface area contributed by atoms with Crippen molar-refractivity contribution < 1.29 is 24.6 Å². The second kappa shape index (κ2) is 14.5. The second-order valence-corrected chi connectivity index (χ2v) is 10.6. The molecule has 4 amide bonds. The first kappa shape index (κ1) is 31.4. The fraction of sp³-hybridized carbons (Fsp3) is 0.212. The van der Waals surface area contributed by atoms with E-state index in [9.17, 15) is 24.6 Å². The van der Waals surface area contributed by atoms with Crippen molar-refractivity contribution in [1.82, 2.24) is 25.8 Å². The molecule has 0 aliphatic rings. The molecule has 44 heavy (non-hydrogen) atoms. The Labute approximate surface area is 255 Å². The van der Waals surface area contributed by atoms with Gasteiger partial charge in [-0.2, -0.15) is 0 Å². The van der Waals surface area contributed by atoms with Crippen LogP contribution in [0.5, 0.6) is 11.5 Å². The highest BCUT2D eigenvalue weighted by Gasteiger charge is 2.28. The van der Waals surface area contributed by atoms with Crippen LogP contribution in [0.4, 0.5) is 10.6 Å². The number of rotatable bonds is 11. The Bertz CT molecular complexity index is 1510. The van der Waals surface area contributed by atoms with Gasteiger partial charge in [-0.25, -0.2) is 9.78 Å². The molecule has 4 rings (SSSR count). The van der Waals surface area contributed by atoms with Gasteiger partial charge in [0.05, 0.1) is 5.92 Å². The third kappa shape index (κ3) is 8.71. The number of anilines is 1. The van der Waals surface area contributed by atoms with Gasteiger partial charge in [0.25, 0.3) is 0 Å². The van der Waals surface area contributed by atoms with Crippen molar-refractivity contribution in [3.63, 3.8) is 0 Å². The number of amides is 4. The summed E-state index contributed by atoms with van der Waals surface area (Å²) in [5, 5.41) is 28.2. The minimum absolute atomic E-state index is 0.0538. The van der Waals surface area contributed by atoms with Gasteiger partial charge in [0.1, 0.15) is 23.4 Å². The predicted octanol–water partition coefficient (Wildman–Crippen LogP) is 3.02. The van der Waals surface area contributed by atoms with Gasteiger partial charge in [-0.15, -0.1) is 0 Å². The molecule has 0 fully saturated rings. The fourth-order valence-electron chi connectivity index (χ4n) is 4.51. The van der Waals surface area contributed by atoms with E-state index in [1.54, 1.807) is 56.7 Å². The van der Waals surface area contributed by atoms with Crippen LogP contribution >= 0.6 is 0 Å². The van der Waals surface area contributed by atoms with Gasteiger partial charge in [-0.1, -0.05) is 54.6 Å². The van der Waals surface area contributed by atoms with Crippen molar-refractivity contribution in [1.29, 1.82) is 0 Å². The molecule has 0 spiro atoms. The molecule has 0 bridgehead atoms. The molecule has 1 atom stereocenters. The van der Waals surface area contributed by atoms with Crippen molar-refractivity contribution in [2.45, 2.75) is 31.5 Å². The lowest BCUT2D eigenvalue weighted by Crippen LogP contribution is -2.49. The zero-order valence-corrected chi connectivity index (χ0v) is 24.5. The highest BCUT2D eigenvalue weighted by atomic mass is 16.3. The Morgan fingerprint density at radius 2 is 1.23 bits per heavy atom. The molecule has 0 aliphatic heterocycles. The van der Waals surface area contributed by atoms with Crippen LogP contribution in [0.2, 0.25) is 0 Å². The number of hydrogen-bond donors (Lipinski definition) is 6. The first-order valence-electron chi connectivity index (χ1n) is 14.0. The summed E-state index contributed by atoms with van der Waals surface area (Å²) in [7, 11) is 3.34. The third-order valence-corrected chi connectivity index (χ3v) is 6.98. The second-order valence-electron chi connectivity index (χ2n) is 10.6. The summed E-state index contributed by atoms with van der Waals surface area (Å²) in [4.78, 5) is 44.7. The number of phenolic OH excluding ortho intramolecular Hbond substituents is 2. The number of aromatic hydroxyl groups is 2. The van der Waals surface area contributed by atoms with Crippen LogP contribution < -0.4 is 21.7 Å². The van der Waals surface area contributed by atoms with Crippen LogP contribution in [0.15, 0.2) is 91.1 Å². The van der Waals surface area contributed by atoms with Crippen LogP contribution in [0.25, 0.3) is 0 Å². The number of carbonyl (C=O) groups excluding carboxylic acids is 3. The molecule has 228 valence electrons. The molecule has 0 radical (unpaired) electrons. The van der Waals surface area contributed by atoms with Gasteiger partial charge in [-0.3, -0.25) is 9.59 Å². The number of pyridine rings is 1. The highest BCUT2D eigenvalue weighted by molar-refractivity contribution is 5.92. The Morgan fingerprint density at radius 3 is 1.70 bits per heavy atom. The van der Waals surface area contributed by atoms with Gasteiger partial charge in [0.2, 0.25) is 11.8 Å². The third-order valence-electron chi connectivity index (χ3n) is 6.98. The lowest BCUT2D eigenvalue weighted by Gasteiger charge is -2.23. The molecule has 0 saturated heterocycles. The zero-order valence-electron chi connectivity index (χ0n) is 24.5. The maximum atomic E-state index is 13.9. The summed E-state index contributed by atoms with van der Waals surface area (Å²) in [6.07, 6.45) is 1.72. The van der Waals surface area contributed by atoms with E-state index < -0.39 is 23.8 Å². The lowest BCUT2D eigenvalue weighted by molar-refractivity contribution is -0.129. The number of nitrogens with two attached hydrogens (primary N) is 1. The summed E-state index contributed by atoms with van der Waals surface area (Å²) in [5.41, 5.74) is 9.39. The lowest BCUT2D eigenvalue weighted by atomic mass is 9.89. The normalized spacial score (nSPS) is 11.4. The number of carbonyl (C=O) groups is 3. The Balaban J connectivity index is 1.51. The number of nitrogens with one attached hydrogen (secondary N) is 3. The number of hydrogen-bond acceptors (Lipinski definition) is 7. The molecule has 1 aromatic heterocycles. The average molecular weight is 597 g/mol. The SMILES string of the molecule is CN(C)C(=O)NCc1ccc(CNC(=O)C(Cc2ccc(N)nc2)NC(=O)C(c2ccc(O)cc2)c2ccc(O)cc2)cc1. The highest BCUT2D eigenvalue weighted by Crippen LogP contribution is 2.28. The van der Waals surface area contributed by atoms with Crippen LogP contribution in [0, 0.1) is 0 Å². The molecule has 11 nitrogen and oxygen atoms in total. The number of benzene rings is 3. The first-order valence-corrected chi connectivity index (χ1v) is 14.0. The summed E-state index contributed by atoms with van der Waals surface area (Å²) in [6, 6.07) is 22.2. The fourth-order valence-corrected chi connectivity index (χ4v) is 4.51. The van der Waals surface area contributed by atoms with Crippen molar-refractivity contribution in [2.24, 2.45) is 0 Å². The maximum absolute atomic E-state index is 13.9. The predicted molar refractivity (Wildman–Crippen MR) is 167 cm³/mol. The van der Waals surface area contributed by atoms with Crippen molar-refractivity contribution >= 4 is 23.7 Å². The maximum Gasteiger partial charge on any atom is 0.317 e. The standard InChI is InChI=1S/C33H36N6O5/c1-39(2)33(44)37-19-22-5-3-21(4-6-22)18-36-31(42)28(17-23-7-16-29(34)35-20-23)38-32(43)30(24-8-12-26(40)13-9-24)25-10-14-27(41)15-11-25/h3-16,20,28,30,40-41H,17-19H2,1-2H3,(H2,34,35)(H,36,42)(H,37,44)(H,38,43). The summed E-state index contributed by atoms with van der Waals surface area (Å²) in [5.74, 6) is -1.21. The summed E-state index contributed by atoms with van der Waals surface area (Å²) >= 11 is 0. The molecule has 11 heteroatoms. The molecule has 1 unspecified atom stereocenters. The van der Waals surface area contributed by atoms with Crippen molar-refractivity contribution in [2.75, 3.05) is 19.8 Å². The molecule has 0 saturated carbocycles. The first-order chi connectivity index (χ1) is 21.1. The Morgan fingerprint density at radius 1 is 0.727 bits per heavy atom. The van der Waals surface area contributed by atoms with E-state index in [1.807, 2.05) is 24.3 Å². The van der Waals surface area contributed by atoms with Gasteiger partial charge < -0.3 is 36.8 Å². The largest absolute Gasteiger partial charge is 0.508 e. The summed E-state index contributed by atoms with van der Waals surface area (Å²) in [6.45, 7) is 0.589. The zero-order chi connectivity index (χ0) is 31.6. The molecule has 3 aromatic carbocycles. The Hall–Kier alpha value is -5.58. The van der Waals surface area contributed by atoms with E-state index >= 15 is 0 Å². The average Bonchev–Trinajstić information content (AvgIpc) is 3.01.